The molecule has 0 saturated carbocycles. The summed E-state index contributed by atoms with van der Waals surface area (Å²) in [5.41, 5.74) is -3.97. The van der Waals surface area contributed by atoms with E-state index in [-0.39, 0.29) is 34.8 Å². The zero-order valence-electron chi connectivity index (χ0n) is 17.1. The number of hydrogen-bond donors (Lipinski definition) is 3. The van der Waals surface area contributed by atoms with Crippen molar-refractivity contribution in [3.05, 3.63) is 51.9 Å². The number of aromatic nitrogens is 3. The summed E-state index contributed by atoms with van der Waals surface area (Å²) < 4.78 is 79.4. The number of fused-ring (bicyclic) bond motifs is 1. The molecule has 0 aliphatic carbocycles. The van der Waals surface area contributed by atoms with E-state index >= 15 is 0 Å². The summed E-state index contributed by atoms with van der Waals surface area (Å²) >= 11 is 0. The van der Waals surface area contributed by atoms with Gasteiger partial charge in [0.1, 0.15) is 11.2 Å². The van der Waals surface area contributed by atoms with Crippen molar-refractivity contribution in [1.82, 2.24) is 19.9 Å². The lowest BCUT2D eigenvalue weighted by Gasteiger charge is -2.17. The summed E-state index contributed by atoms with van der Waals surface area (Å²) in [7, 11) is 1.93. The van der Waals surface area contributed by atoms with Gasteiger partial charge in [0.25, 0.3) is 5.56 Å². The first-order chi connectivity index (χ1) is 15.4. The molecule has 176 valence electrons. The monoisotopic (exact) mass is 472 g/mol. The predicted octanol–water partition coefficient (Wildman–Crippen LogP) is 4.22. The molecule has 3 heterocycles. The third kappa shape index (κ3) is 5.02. The molecule has 13 heteroatoms. The van der Waals surface area contributed by atoms with E-state index in [0.29, 0.717) is 18.7 Å². The largest absolute Gasteiger partial charge is 0.416 e. The van der Waals surface area contributed by atoms with E-state index in [2.05, 4.69) is 30.5 Å². The summed E-state index contributed by atoms with van der Waals surface area (Å²) in [4.78, 5) is 25.3. The Morgan fingerprint density at radius 1 is 1.06 bits per heavy atom. The summed E-state index contributed by atoms with van der Waals surface area (Å²) in [6, 6.07) is 2.54. The highest BCUT2D eigenvalue weighted by atomic mass is 19.4. The van der Waals surface area contributed by atoms with E-state index < -0.39 is 34.7 Å². The van der Waals surface area contributed by atoms with Gasteiger partial charge in [0.05, 0.1) is 16.6 Å². The van der Waals surface area contributed by atoms with Crippen molar-refractivity contribution >= 4 is 28.4 Å². The van der Waals surface area contributed by atoms with Crippen molar-refractivity contribution in [2.24, 2.45) is 0 Å². The Labute approximate surface area is 182 Å². The molecule has 0 amide bonds. The number of pyridine rings is 1. The highest BCUT2D eigenvalue weighted by Crippen LogP contribution is 2.38. The normalized spacial score (nSPS) is 17.5. The van der Waals surface area contributed by atoms with E-state index in [9.17, 15) is 31.1 Å². The number of nitrogens with one attached hydrogen (secondary N) is 3. The number of rotatable bonds is 4. The lowest BCUT2D eigenvalue weighted by atomic mass is 10.1. The van der Waals surface area contributed by atoms with Gasteiger partial charge in [-0.1, -0.05) is 0 Å². The molecule has 4 rings (SSSR count). The molecule has 0 spiro atoms. The number of halogens is 6. The van der Waals surface area contributed by atoms with Crippen LogP contribution in [0, 0.1) is 0 Å². The van der Waals surface area contributed by atoms with Gasteiger partial charge in [-0.2, -0.15) is 31.3 Å². The van der Waals surface area contributed by atoms with Crippen LogP contribution in [0.2, 0.25) is 0 Å². The topological polar surface area (TPSA) is 85.9 Å². The van der Waals surface area contributed by atoms with Crippen LogP contribution >= 0.6 is 0 Å². The molecule has 1 saturated heterocycles. The van der Waals surface area contributed by atoms with Crippen LogP contribution in [-0.4, -0.2) is 46.0 Å². The first-order valence-corrected chi connectivity index (χ1v) is 9.81. The maximum absolute atomic E-state index is 13.2. The summed E-state index contributed by atoms with van der Waals surface area (Å²) in [5, 5.41) is 5.47. The number of nitrogens with zero attached hydrogens (tertiary/aromatic N) is 3. The van der Waals surface area contributed by atoms with E-state index in [1.165, 1.54) is 12.3 Å². The fourth-order valence-corrected chi connectivity index (χ4v) is 3.65. The van der Waals surface area contributed by atoms with Crippen LogP contribution in [0.5, 0.6) is 0 Å². The molecule has 7 nitrogen and oxygen atoms in total. The van der Waals surface area contributed by atoms with Crippen molar-refractivity contribution in [1.29, 1.82) is 0 Å². The van der Waals surface area contributed by atoms with Crippen molar-refractivity contribution in [2.75, 3.05) is 30.8 Å². The molecule has 33 heavy (non-hydrogen) atoms. The lowest BCUT2D eigenvalue weighted by molar-refractivity contribution is -0.143. The number of benzene rings is 1. The minimum absolute atomic E-state index is 0.00677. The van der Waals surface area contributed by atoms with Crippen LogP contribution in [0.25, 0.3) is 10.9 Å². The highest BCUT2D eigenvalue weighted by molar-refractivity contribution is 5.91. The van der Waals surface area contributed by atoms with Crippen LogP contribution in [0.15, 0.2) is 35.3 Å². The van der Waals surface area contributed by atoms with Gasteiger partial charge in [0.15, 0.2) is 0 Å². The molecule has 1 fully saturated rings. The van der Waals surface area contributed by atoms with Gasteiger partial charge in [0.2, 0.25) is 5.95 Å². The summed E-state index contributed by atoms with van der Waals surface area (Å²) in [5.74, 6) is -0.123. The van der Waals surface area contributed by atoms with Crippen LogP contribution in [0.4, 0.5) is 43.8 Å². The average molecular weight is 472 g/mol. The molecular formula is C20H18F6N6O. The number of aromatic amines is 1. The Morgan fingerprint density at radius 3 is 2.30 bits per heavy atom. The summed E-state index contributed by atoms with van der Waals surface area (Å²) in [6.07, 6.45) is -7.90. The molecule has 3 N–H and O–H groups in total. The number of likely N-dealkylation sites (N-methyl/N-ethyl adjacent to an activating group) is 1. The minimum Gasteiger partial charge on any atom is -0.350 e. The Balaban J connectivity index is 1.80. The van der Waals surface area contributed by atoms with Gasteiger partial charge in [-0.25, -0.2) is 4.98 Å². The average Bonchev–Trinajstić information content (AvgIpc) is 3.11. The van der Waals surface area contributed by atoms with Crippen LogP contribution < -0.4 is 16.2 Å². The molecule has 1 aromatic carbocycles. The van der Waals surface area contributed by atoms with Gasteiger partial charge in [-0.3, -0.25) is 4.79 Å². The predicted molar refractivity (Wildman–Crippen MR) is 109 cm³/mol. The van der Waals surface area contributed by atoms with Crippen LogP contribution in [0.3, 0.4) is 0 Å². The molecule has 3 aromatic rings. The summed E-state index contributed by atoms with van der Waals surface area (Å²) in [6.45, 7) is 1.53. The Bertz CT molecular complexity index is 1210. The second kappa shape index (κ2) is 8.21. The van der Waals surface area contributed by atoms with Gasteiger partial charge >= 0.3 is 12.4 Å². The Kier molecular flexibility index (Phi) is 5.68. The van der Waals surface area contributed by atoms with E-state index in [1.807, 2.05) is 7.05 Å². The van der Waals surface area contributed by atoms with Crippen molar-refractivity contribution in [3.8, 4) is 0 Å². The van der Waals surface area contributed by atoms with Crippen LogP contribution in [0.1, 0.15) is 17.5 Å². The quantitative estimate of drug-likeness (QED) is 0.494. The fraction of sp³-hybridized carbons (Fsp3) is 0.350. The van der Waals surface area contributed by atoms with Gasteiger partial charge < -0.3 is 20.5 Å². The van der Waals surface area contributed by atoms with Gasteiger partial charge in [0, 0.05) is 24.5 Å². The molecule has 0 unspecified atom stereocenters. The zero-order valence-corrected chi connectivity index (χ0v) is 17.1. The van der Waals surface area contributed by atoms with E-state index in [4.69, 9.17) is 0 Å². The standard InChI is InChI=1S/C20H18F6N6O/c1-32-5-3-12(9-32)29-18-30-14-2-4-27-17(33)15(14)16(31-18)28-13-7-10(19(21,22)23)6-11(8-13)20(24,25)26/h2,4,6-8,12H,3,5,9H2,1H3,(H,27,33)(H2,28,29,30,31)/t12-/m0/s1. The number of anilines is 3. The van der Waals surface area contributed by atoms with Crippen molar-refractivity contribution in [2.45, 2.75) is 24.8 Å². The third-order valence-corrected chi connectivity index (χ3v) is 5.19. The number of H-pyrrole nitrogens is 1. The maximum atomic E-state index is 13.2. The van der Waals surface area contributed by atoms with Crippen molar-refractivity contribution in [3.63, 3.8) is 0 Å². The zero-order chi connectivity index (χ0) is 24.0. The molecular weight excluding hydrogens is 454 g/mol. The molecule has 0 radical (unpaired) electrons. The van der Waals surface area contributed by atoms with Gasteiger partial charge in [-0.15, -0.1) is 0 Å². The first-order valence-electron chi connectivity index (χ1n) is 9.81. The van der Waals surface area contributed by atoms with E-state index in [0.717, 1.165) is 13.0 Å². The molecule has 0 bridgehead atoms. The maximum Gasteiger partial charge on any atom is 0.416 e. The lowest BCUT2D eigenvalue weighted by Crippen LogP contribution is -2.25. The second-order valence-electron chi connectivity index (χ2n) is 7.77. The van der Waals surface area contributed by atoms with E-state index in [1.54, 1.807) is 0 Å². The first kappa shape index (κ1) is 22.8. The number of likely N-dealkylation sites (tertiary alicyclic amines) is 1. The van der Waals surface area contributed by atoms with Gasteiger partial charge in [-0.05, 0) is 44.3 Å². The third-order valence-electron chi connectivity index (χ3n) is 5.19. The minimum atomic E-state index is -5.01. The Morgan fingerprint density at radius 2 is 1.73 bits per heavy atom. The smallest absolute Gasteiger partial charge is 0.350 e. The molecule has 2 aromatic heterocycles. The fourth-order valence-electron chi connectivity index (χ4n) is 3.65. The SMILES string of the molecule is CN1CC[C@H](Nc2nc(Nc3cc(C(F)(F)F)cc(C(F)(F)F)c3)c3c(=O)[nH]ccc3n2)C1. The van der Waals surface area contributed by atoms with Crippen molar-refractivity contribution < 1.29 is 26.3 Å². The molecule has 1 aliphatic heterocycles. The second-order valence-corrected chi connectivity index (χ2v) is 7.77. The number of alkyl halides is 6. The number of hydrogen-bond acceptors (Lipinski definition) is 6. The van der Waals surface area contributed by atoms with Crippen LogP contribution in [-0.2, 0) is 12.4 Å². The highest BCUT2D eigenvalue weighted by Gasteiger charge is 2.37. The molecule has 1 atom stereocenters. The molecule has 1 aliphatic rings. The Hall–Kier alpha value is -3.35.